The number of aliphatic imine (C=N–C) groups is 1. The van der Waals surface area contributed by atoms with Gasteiger partial charge in [0.15, 0.2) is 11.8 Å². The molecule has 30 heavy (non-hydrogen) atoms. The standard InChI is InChI=1S/C21H27F3N6/c1-25-19(26-13-18-29-28-17-8-2-3-11-30(17)18)27-14-20(9-5-10-20)15-6-4-7-16(12-15)21(22,23)24/h4,6-7,12H,2-3,5,8-11,13-14H2,1H3,(H2,25,26,27). The minimum Gasteiger partial charge on any atom is -0.356 e. The fraction of sp³-hybridized carbons (Fsp3) is 0.571. The van der Waals surface area contributed by atoms with Gasteiger partial charge in [-0.15, -0.1) is 10.2 Å². The number of aryl methyl sites for hydroxylation is 1. The van der Waals surface area contributed by atoms with Crippen molar-refractivity contribution in [2.75, 3.05) is 13.6 Å². The summed E-state index contributed by atoms with van der Waals surface area (Å²) in [6.07, 6.45) is 1.63. The first-order chi connectivity index (χ1) is 14.4. The number of benzene rings is 1. The average molecular weight is 420 g/mol. The Morgan fingerprint density at radius 1 is 1.17 bits per heavy atom. The molecule has 1 aromatic carbocycles. The number of fused-ring (bicyclic) bond motifs is 1. The van der Waals surface area contributed by atoms with Crippen molar-refractivity contribution in [1.29, 1.82) is 0 Å². The monoisotopic (exact) mass is 420 g/mol. The van der Waals surface area contributed by atoms with Crippen LogP contribution >= 0.6 is 0 Å². The Kier molecular flexibility index (Phi) is 5.71. The van der Waals surface area contributed by atoms with Gasteiger partial charge in [0.1, 0.15) is 5.82 Å². The third-order valence-corrected chi connectivity index (χ3v) is 6.28. The summed E-state index contributed by atoms with van der Waals surface area (Å²) in [6.45, 7) is 1.97. The van der Waals surface area contributed by atoms with E-state index in [9.17, 15) is 13.2 Å². The fourth-order valence-electron chi connectivity index (χ4n) is 4.33. The van der Waals surface area contributed by atoms with Crippen LogP contribution in [0.15, 0.2) is 29.3 Å². The predicted octanol–water partition coefficient (Wildman–Crippen LogP) is 3.42. The van der Waals surface area contributed by atoms with Crippen LogP contribution in [-0.4, -0.2) is 34.3 Å². The van der Waals surface area contributed by atoms with Gasteiger partial charge in [0, 0.05) is 32.0 Å². The lowest BCUT2D eigenvalue weighted by atomic mass is 9.64. The molecular formula is C21H27F3N6. The van der Waals surface area contributed by atoms with Crippen LogP contribution in [0.2, 0.25) is 0 Å². The molecule has 2 aliphatic rings. The second kappa shape index (κ2) is 8.28. The van der Waals surface area contributed by atoms with E-state index < -0.39 is 11.7 Å². The van der Waals surface area contributed by atoms with Crippen LogP contribution < -0.4 is 10.6 Å². The minimum absolute atomic E-state index is 0.299. The van der Waals surface area contributed by atoms with Crippen molar-refractivity contribution >= 4 is 5.96 Å². The topological polar surface area (TPSA) is 67.1 Å². The lowest BCUT2D eigenvalue weighted by Gasteiger charge is -2.43. The Hall–Kier alpha value is -2.58. The van der Waals surface area contributed by atoms with Crippen LogP contribution in [-0.2, 0) is 31.1 Å². The van der Waals surface area contributed by atoms with Crippen molar-refractivity contribution in [2.24, 2.45) is 4.99 Å². The first kappa shape index (κ1) is 20.7. The SMILES string of the molecule is CN=C(NCc1nnc2n1CCCC2)NCC1(c2cccc(C(F)(F)F)c2)CCC1. The van der Waals surface area contributed by atoms with E-state index in [-0.39, 0.29) is 5.41 Å². The van der Waals surface area contributed by atoms with Gasteiger partial charge in [-0.2, -0.15) is 13.2 Å². The van der Waals surface area contributed by atoms with Gasteiger partial charge < -0.3 is 15.2 Å². The maximum atomic E-state index is 13.1. The summed E-state index contributed by atoms with van der Waals surface area (Å²) in [5, 5.41) is 15.1. The van der Waals surface area contributed by atoms with Crippen LogP contribution in [0.3, 0.4) is 0 Å². The zero-order valence-electron chi connectivity index (χ0n) is 17.1. The number of alkyl halides is 3. The highest BCUT2D eigenvalue weighted by molar-refractivity contribution is 5.79. The molecule has 0 atom stereocenters. The molecule has 0 radical (unpaired) electrons. The quantitative estimate of drug-likeness (QED) is 0.575. The Bertz CT molecular complexity index is 914. The molecule has 0 amide bonds. The van der Waals surface area contributed by atoms with E-state index in [1.54, 1.807) is 13.1 Å². The van der Waals surface area contributed by atoms with Gasteiger partial charge in [0.2, 0.25) is 0 Å². The van der Waals surface area contributed by atoms with Crippen molar-refractivity contribution in [2.45, 2.75) is 63.2 Å². The molecule has 4 rings (SSSR count). The van der Waals surface area contributed by atoms with Crippen LogP contribution in [0.25, 0.3) is 0 Å². The number of guanidine groups is 1. The van der Waals surface area contributed by atoms with Gasteiger partial charge in [-0.05, 0) is 37.3 Å². The van der Waals surface area contributed by atoms with E-state index in [1.165, 1.54) is 12.1 Å². The van der Waals surface area contributed by atoms with Crippen molar-refractivity contribution in [1.82, 2.24) is 25.4 Å². The maximum Gasteiger partial charge on any atom is 0.416 e. The van der Waals surface area contributed by atoms with Crippen LogP contribution in [0, 0.1) is 0 Å². The number of halogens is 3. The smallest absolute Gasteiger partial charge is 0.356 e. The number of aromatic nitrogens is 3. The molecule has 1 aliphatic carbocycles. The van der Waals surface area contributed by atoms with Gasteiger partial charge in [0.05, 0.1) is 12.1 Å². The molecule has 0 bridgehead atoms. The number of rotatable bonds is 5. The van der Waals surface area contributed by atoms with E-state index in [2.05, 4.69) is 30.4 Å². The highest BCUT2D eigenvalue weighted by Gasteiger charge is 2.40. The summed E-state index contributed by atoms with van der Waals surface area (Å²) >= 11 is 0. The Morgan fingerprint density at radius 3 is 2.70 bits per heavy atom. The lowest BCUT2D eigenvalue weighted by Crippen LogP contribution is -2.49. The van der Waals surface area contributed by atoms with Gasteiger partial charge in [-0.1, -0.05) is 24.6 Å². The summed E-state index contributed by atoms with van der Waals surface area (Å²) < 4.78 is 41.6. The first-order valence-corrected chi connectivity index (χ1v) is 10.4. The molecule has 1 aliphatic heterocycles. The Labute approximate surface area is 174 Å². The highest BCUT2D eigenvalue weighted by atomic mass is 19.4. The summed E-state index contributed by atoms with van der Waals surface area (Å²) in [5.74, 6) is 2.52. The lowest BCUT2D eigenvalue weighted by molar-refractivity contribution is -0.137. The second-order valence-electron chi connectivity index (χ2n) is 8.13. The molecule has 9 heteroatoms. The van der Waals surface area contributed by atoms with Gasteiger partial charge in [-0.25, -0.2) is 0 Å². The molecule has 2 heterocycles. The predicted molar refractivity (Wildman–Crippen MR) is 108 cm³/mol. The van der Waals surface area contributed by atoms with E-state index >= 15 is 0 Å². The molecule has 1 aromatic heterocycles. The van der Waals surface area contributed by atoms with Gasteiger partial charge in [-0.3, -0.25) is 4.99 Å². The molecule has 162 valence electrons. The number of nitrogens with zero attached hydrogens (tertiary/aromatic N) is 4. The zero-order chi connectivity index (χ0) is 21.2. The molecule has 1 saturated carbocycles. The normalized spacial score (nSPS) is 18.5. The Morgan fingerprint density at radius 2 is 2.00 bits per heavy atom. The van der Waals surface area contributed by atoms with Crippen molar-refractivity contribution < 1.29 is 13.2 Å². The van der Waals surface area contributed by atoms with E-state index in [4.69, 9.17) is 0 Å². The number of nitrogens with one attached hydrogen (secondary N) is 2. The zero-order valence-corrected chi connectivity index (χ0v) is 17.1. The van der Waals surface area contributed by atoms with E-state index in [0.29, 0.717) is 19.0 Å². The van der Waals surface area contributed by atoms with Gasteiger partial charge in [0.25, 0.3) is 0 Å². The minimum atomic E-state index is -4.33. The molecular weight excluding hydrogens is 393 g/mol. The number of hydrogen-bond donors (Lipinski definition) is 2. The molecule has 0 spiro atoms. The summed E-state index contributed by atoms with van der Waals surface area (Å²) in [7, 11) is 1.69. The van der Waals surface area contributed by atoms with E-state index in [0.717, 1.165) is 68.3 Å². The molecule has 2 aromatic rings. The highest BCUT2D eigenvalue weighted by Crippen LogP contribution is 2.44. The second-order valence-corrected chi connectivity index (χ2v) is 8.13. The molecule has 0 saturated heterocycles. The summed E-state index contributed by atoms with van der Waals surface area (Å²) in [6, 6.07) is 5.72. The van der Waals surface area contributed by atoms with Crippen molar-refractivity contribution in [3.8, 4) is 0 Å². The van der Waals surface area contributed by atoms with E-state index in [1.807, 2.05) is 0 Å². The Balaban J connectivity index is 1.40. The summed E-state index contributed by atoms with van der Waals surface area (Å²) in [4.78, 5) is 4.27. The number of hydrogen-bond acceptors (Lipinski definition) is 3. The first-order valence-electron chi connectivity index (χ1n) is 10.4. The van der Waals surface area contributed by atoms with Crippen molar-refractivity contribution in [3.05, 3.63) is 47.0 Å². The molecule has 2 N–H and O–H groups in total. The van der Waals surface area contributed by atoms with Gasteiger partial charge >= 0.3 is 6.18 Å². The van der Waals surface area contributed by atoms with Crippen LogP contribution in [0.4, 0.5) is 13.2 Å². The molecule has 0 unspecified atom stereocenters. The van der Waals surface area contributed by atoms with Crippen LogP contribution in [0.1, 0.15) is 54.9 Å². The summed E-state index contributed by atoms with van der Waals surface area (Å²) in [5.41, 5.74) is -0.157. The third-order valence-electron chi connectivity index (χ3n) is 6.28. The fourth-order valence-corrected chi connectivity index (χ4v) is 4.33. The maximum absolute atomic E-state index is 13.1. The molecule has 6 nitrogen and oxygen atoms in total. The average Bonchev–Trinajstić information content (AvgIpc) is 3.12. The molecule has 1 fully saturated rings. The van der Waals surface area contributed by atoms with Crippen LogP contribution in [0.5, 0.6) is 0 Å². The largest absolute Gasteiger partial charge is 0.416 e. The third kappa shape index (κ3) is 4.15. The van der Waals surface area contributed by atoms with Crippen molar-refractivity contribution in [3.63, 3.8) is 0 Å².